The lowest BCUT2D eigenvalue weighted by atomic mass is 9.64. The van der Waals surface area contributed by atoms with Crippen molar-refractivity contribution in [2.24, 2.45) is 5.41 Å². The fourth-order valence-electron chi connectivity index (χ4n) is 3.62. The summed E-state index contributed by atoms with van der Waals surface area (Å²) in [6.07, 6.45) is 5.77. The third-order valence-corrected chi connectivity index (χ3v) is 5.12. The van der Waals surface area contributed by atoms with Gasteiger partial charge in [-0.3, -0.25) is 4.79 Å². The predicted octanol–water partition coefficient (Wildman–Crippen LogP) is 2.85. The largest absolute Gasteiger partial charge is 0.340 e. The molecule has 1 spiro atoms. The van der Waals surface area contributed by atoms with E-state index < -0.39 is 11.6 Å². The highest BCUT2D eigenvalue weighted by molar-refractivity contribution is 5.81. The first-order valence-electron chi connectivity index (χ1n) is 7.91. The SMILES string of the molecule is CN(Cc1cc(F)cc(F)c1)C(=O)C1CCC2(CCC2)CN1. The molecule has 2 aliphatic rings. The Morgan fingerprint density at radius 1 is 1.27 bits per heavy atom. The molecule has 1 aromatic rings. The van der Waals surface area contributed by atoms with Crippen LogP contribution in [0.2, 0.25) is 0 Å². The van der Waals surface area contributed by atoms with Gasteiger partial charge in [0.1, 0.15) is 11.6 Å². The molecule has 1 aliphatic carbocycles. The molecule has 3 nitrogen and oxygen atoms in total. The van der Waals surface area contributed by atoms with E-state index in [1.165, 1.54) is 31.4 Å². The first kappa shape index (κ1) is 15.4. The molecule has 1 saturated heterocycles. The Kier molecular flexibility index (Phi) is 4.17. The van der Waals surface area contributed by atoms with Crippen LogP contribution >= 0.6 is 0 Å². The predicted molar refractivity (Wildman–Crippen MR) is 80.1 cm³/mol. The van der Waals surface area contributed by atoms with Crippen molar-refractivity contribution in [1.29, 1.82) is 0 Å². The van der Waals surface area contributed by atoms with Crippen molar-refractivity contribution in [3.63, 3.8) is 0 Å². The van der Waals surface area contributed by atoms with Crippen LogP contribution in [0.15, 0.2) is 18.2 Å². The summed E-state index contributed by atoms with van der Waals surface area (Å²) in [6, 6.07) is 3.20. The molecule has 1 aliphatic heterocycles. The van der Waals surface area contributed by atoms with E-state index in [9.17, 15) is 13.6 Å². The maximum atomic E-state index is 13.2. The van der Waals surface area contributed by atoms with Crippen molar-refractivity contribution in [2.75, 3.05) is 13.6 Å². The number of likely N-dealkylation sites (N-methyl/N-ethyl adjacent to an activating group) is 1. The second-order valence-electron chi connectivity index (χ2n) is 6.80. The number of piperidine rings is 1. The number of halogens is 2. The van der Waals surface area contributed by atoms with E-state index in [2.05, 4.69) is 5.32 Å². The van der Waals surface area contributed by atoms with Gasteiger partial charge in [-0.2, -0.15) is 0 Å². The van der Waals surface area contributed by atoms with E-state index in [-0.39, 0.29) is 18.5 Å². The van der Waals surface area contributed by atoms with Gasteiger partial charge >= 0.3 is 0 Å². The summed E-state index contributed by atoms with van der Waals surface area (Å²) in [4.78, 5) is 14.0. The van der Waals surface area contributed by atoms with Crippen LogP contribution in [0.1, 0.15) is 37.7 Å². The lowest BCUT2D eigenvalue weighted by Crippen LogP contribution is -2.54. The second kappa shape index (κ2) is 5.95. The van der Waals surface area contributed by atoms with E-state index in [0.717, 1.165) is 25.5 Å². The zero-order chi connectivity index (χ0) is 15.7. The Bertz CT molecular complexity index is 542. The quantitative estimate of drug-likeness (QED) is 0.931. The minimum absolute atomic E-state index is 0.00107. The molecule has 1 aromatic carbocycles. The molecule has 1 heterocycles. The summed E-state index contributed by atoms with van der Waals surface area (Å²) in [7, 11) is 1.68. The molecule has 0 radical (unpaired) electrons. The van der Waals surface area contributed by atoms with Gasteiger partial charge in [0.2, 0.25) is 5.91 Å². The molecule has 0 bridgehead atoms. The fraction of sp³-hybridized carbons (Fsp3) is 0.588. The summed E-state index contributed by atoms with van der Waals surface area (Å²) in [5.41, 5.74) is 0.903. The zero-order valence-corrected chi connectivity index (χ0v) is 12.9. The maximum absolute atomic E-state index is 13.2. The van der Waals surface area contributed by atoms with E-state index >= 15 is 0 Å². The van der Waals surface area contributed by atoms with Gasteiger partial charge in [-0.1, -0.05) is 6.42 Å². The number of nitrogens with zero attached hydrogens (tertiary/aromatic N) is 1. The number of hydrogen-bond acceptors (Lipinski definition) is 2. The molecular weight excluding hydrogens is 286 g/mol. The Hall–Kier alpha value is -1.49. The van der Waals surface area contributed by atoms with Gasteiger partial charge in [-0.25, -0.2) is 8.78 Å². The number of benzene rings is 1. The average molecular weight is 308 g/mol. The number of carbonyl (C=O) groups excluding carboxylic acids is 1. The van der Waals surface area contributed by atoms with Crippen LogP contribution in [0.3, 0.4) is 0 Å². The molecule has 2 fully saturated rings. The highest BCUT2D eigenvalue weighted by Crippen LogP contribution is 2.46. The van der Waals surface area contributed by atoms with Crippen LogP contribution in [0, 0.1) is 17.0 Å². The van der Waals surface area contributed by atoms with Gasteiger partial charge in [0.15, 0.2) is 0 Å². The topological polar surface area (TPSA) is 32.3 Å². The zero-order valence-electron chi connectivity index (χ0n) is 12.9. The summed E-state index contributed by atoms with van der Waals surface area (Å²) in [5.74, 6) is -1.23. The number of nitrogens with one attached hydrogen (secondary N) is 1. The van der Waals surface area contributed by atoms with Gasteiger partial charge in [0.25, 0.3) is 0 Å². The Morgan fingerprint density at radius 3 is 2.45 bits per heavy atom. The molecule has 22 heavy (non-hydrogen) atoms. The van der Waals surface area contributed by atoms with Crippen LogP contribution in [0.4, 0.5) is 8.78 Å². The van der Waals surface area contributed by atoms with Crippen molar-refractivity contribution in [2.45, 2.75) is 44.7 Å². The number of rotatable bonds is 3. The van der Waals surface area contributed by atoms with Crippen LogP contribution in [-0.4, -0.2) is 30.4 Å². The van der Waals surface area contributed by atoms with Crippen LogP contribution < -0.4 is 5.32 Å². The smallest absolute Gasteiger partial charge is 0.239 e. The summed E-state index contributed by atoms with van der Waals surface area (Å²) >= 11 is 0. The number of carbonyl (C=O) groups is 1. The van der Waals surface area contributed by atoms with Crippen molar-refractivity contribution >= 4 is 5.91 Å². The Morgan fingerprint density at radius 2 is 1.95 bits per heavy atom. The number of amides is 1. The average Bonchev–Trinajstić information content (AvgIpc) is 2.44. The molecule has 1 atom stereocenters. The van der Waals surface area contributed by atoms with Gasteiger partial charge in [-0.05, 0) is 48.8 Å². The maximum Gasteiger partial charge on any atom is 0.239 e. The molecule has 3 rings (SSSR count). The third-order valence-electron chi connectivity index (χ3n) is 5.12. The molecule has 1 N–H and O–H groups in total. The van der Waals surface area contributed by atoms with Crippen LogP contribution in [-0.2, 0) is 11.3 Å². The van der Waals surface area contributed by atoms with Gasteiger partial charge in [0.05, 0.1) is 6.04 Å². The molecule has 0 aromatic heterocycles. The number of hydrogen-bond donors (Lipinski definition) is 1. The standard InChI is InChI=1S/C17H22F2N2O/c1-21(10-12-7-13(18)9-14(19)8-12)16(22)15-3-6-17(11-20-15)4-2-5-17/h7-9,15,20H,2-6,10-11H2,1H3. The molecule has 1 unspecified atom stereocenters. The van der Waals surface area contributed by atoms with Crippen molar-refractivity contribution < 1.29 is 13.6 Å². The monoisotopic (exact) mass is 308 g/mol. The van der Waals surface area contributed by atoms with E-state index in [1.54, 1.807) is 11.9 Å². The van der Waals surface area contributed by atoms with Crippen LogP contribution in [0.25, 0.3) is 0 Å². The summed E-state index contributed by atoms with van der Waals surface area (Å²) in [5, 5.41) is 3.36. The van der Waals surface area contributed by atoms with E-state index in [1.807, 2.05) is 0 Å². The minimum Gasteiger partial charge on any atom is -0.340 e. The molecular formula is C17H22F2N2O. The van der Waals surface area contributed by atoms with Crippen molar-refractivity contribution in [3.8, 4) is 0 Å². The Labute approximate surface area is 129 Å². The van der Waals surface area contributed by atoms with Gasteiger partial charge in [0, 0.05) is 26.2 Å². The van der Waals surface area contributed by atoms with E-state index in [4.69, 9.17) is 0 Å². The second-order valence-corrected chi connectivity index (χ2v) is 6.80. The van der Waals surface area contributed by atoms with Gasteiger partial charge < -0.3 is 10.2 Å². The normalized spacial score (nSPS) is 23.1. The highest BCUT2D eigenvalue weighted by Gasteiger charge is 2.41. The lowest BCUT2D eigenvalue weighted by molar-refractivity contribution is -0.134. The first-order chi connectivity index (χ1) is 10.5. The van der Waals surface area contributed by atoms with Crippen molar-refractivity contribution in [1.82, 2.24) is 10.2 Å². The molecule has 1 amide bonds. The minimum atomic E-state index is -0.612. The highest BCUT2D eigenvalue weighted by atomic mass is 19.1. The third kappa shape index (κ3) is 3.14. The molecule has 5 heteroatoms. The first-order valence-corrected chi connectivity index (χ1v) is 7.91. The van der Waals surface area contributed by atoms with E-state index in [0.29, 0.717) is 11.0 Å². The fourth-order valence-corrected chi connectivity index (χ4v) is 3.62. The van der Waals surface area contributed by atoms with Crippen LogP contribution in [0.5, 0.6) is 0 Å². The summed E-state index contributed by atoms with van der Waals surface area (Å²) in [6.45, 7) is 1.13. The molecule has 120 valence electrons. The summed E-state index contributed by atoms with van der Waals surface area (Å²) < 4.78 is 26.4. The molecule has 1 saturated carbocycles. The van der Waals surface area contributed by atoms with Crippen molar-refractivity contribution in [3.05, 3.63) is 35.4 Å². The lowest BCUT2D eigenvalue weighted by Gasteiger charge is -2.47. The van der Waals surface area contributed by atoms with Gasteiger partial charge in [-0.15, -0.1) is 0 Å². The Balaban J connectivity index is 1.57.